The van der Waals surface area contributed by atoms with E-state index in [-0.39, 0.29) is 11.5 Å². The molecule has 4 rings (SSSR count). The van der Waals surface area contributed by atoms with Crippen LogP contribution < -0.4 is 5.32 Å². The number of anilines is 2. The summed E-state index contributed by atoms with van der Waals surface area (Å²) in [6.45, 7) is 6.20. The molecule has 1 saturated carbocycles. The number of nitrogens with one attached hydrogen (secondary N) is 1. The van der Waals surface area contributed by atoms with Crippen molar-refractivity contribution in [3.8, 4) is 0 Å². The molecule has 0 aromatic carbocycles. The van der Waals surface area contributed by atoms with Crippen molar-refractivity contribution in [1.29, 1.82) is 0 Å². The number of rotatable bonds is 4. The van der Waals surface area contributed by atoms with E-state index in [1.807, 2.05) is 10.7 Å². The Balaban J connectivity index is 1.74. The molecular weight excluding hydrogens is 347 g/mol. The lowest BCUT2D eigenvalue weighted by Gasteiger charge is -2.22. The minimum Gasteiger partial charge on any atom is -0.310 e. The summed E-state index contributed by atoms with van der Waals surface area (Å²) in [4.78, 5) is 19.7. The van der Waals surface area contributed by atoms with Gasteiger partial charge in [0.25, 0.3) is 0 Å². The van der Waals surface area contributed by atoms with Crippen LogP contribution in [0.15, 0.2) is 24.5 Å². The number of aromatic nitrogens is 5. The summed E-state index contributed by atoms with van der Waals surface area (Å²) in [6, 6.07) is 3.72. The van der Waals surface area contributed by atoms with Gasteiger partial charge < -0.3 is 5.32 Å². The number of imidazole rings is 1. The maximum absolute atomic E-state index is 13.7. The number of aldehydes is 1. The smallest absolute Gasteiger partial charge is 0.214 e. The van der Waals surface area contributed by atoms with Crippen LogP contribution in [-0.4, -0.2) is 36.6 Å². The van der Waals surface area contributed by atoms with Gasteiger partial charge in [-0.2, -0.15) is 5.10 Å². The number of fused-ring (bicyclic) bond motifs is 1. The van der Waals surface area contributed by atoms with Crippen molar-refractivity contribution in [3.63, 3.8) is 0 Å². The molecular formula is C19H23FN6O. The summed E-state index contributed by atoms with van der Waals surface area (Å²) >= 11 is 0. The monoisotopic (exact) mass is 370 g/mol. The van der Waals surface area contributed by atoms with Gasteiger partial charge in [-0.05, 0) is 46.1 Å². The summed E-state index contributed by atoms with van der Waals surface area (Å²) in [5.74, 6) is 1.46. The largest absolute Gasteiger partial charge is 0.310 e. The van der Waals surface area contributed by atoms with Gasteiger partial charge in [0.2, 0.25) is 5.95 Å². The van der Waals surface area contributed by atoms with Gasteiger partial charge in [0.15, 0.2) is 6.29 Å². The molecule has 8 heteroatoms. The molecule has 2 atom stereocenters. The average Bonchev–Trinajstić information content (AvgIpc) is 3.31. The molecule has 0 bridgehead atoms. The van der Waals surface area contributed by atoms with Crippen LogP contribution in [-0.2, 0) is 5.54 Å². The first-order chi connectivity index (χ1) is 12.8. The lowest BCUT2D eigenvalue weighted by Crippen LogP contribution is -2.25. The van der Waals surface area contributed by atoms with E-state index in [2.05, 4.69) is 36.1 Å². The Morgan fingerprint density at radius 1 is 1.33 bits per heavy atom. The van der Waals surface area contributed by atoms with E-state index in [1.165, 1.54) is 0 Å². The van der Waals surface area contributed by atoms with Crippen molar-refractivity contribution >= 4 is 23.7 Å². The van der Waals surface area contributed by atoms with Crippen LogP contribution in [0.1, 0.15) is 62.1 Å². The third-order valence-electron chi connectivity index (χ3n) is 4.91. The van der Waals surface area contributed by atoms with Gasteiger partial charge in [-0.1, -0.05) is 0 Å². The van der Waals surface area contributed by atoms with E-state index in [9.17, 15) is 9.18 Å². The zero-order valence-corrected chi connectivity index (χ0v) is 15.7. The first-order valence-electron chi connectivity index (χ1n) is 9.16. The molecule has 1 aliphatic rings. The lowest BCUT2D eigenvalue weighted by atomic mass is 10.0. The second-order valence-electron chi connectivity index (χ2n) is 8.05. The van der Waals surface area contributed by atoms with Crippen molar-refractivity contribution in [2.75, 3.05) is 5.32 Å². The molecule has 3 heterocycles. The Hall–Kier alpha value is -2.77. The molecule has 0 amide bonds. The molecule has 0 unspecified atom stereocenters. The second-order valence-corrected chi connectivity index (χ2v) is 8.05. The maximum Gasteiger partial charge on any atom is 0.214 e. The fourth-order valence-electron chi connectivity index (χ4n) is 3.60. The maximum atomic E-state index is 13.7. The number of hydrogen-bond donors (Lipinski definition) is 1. The molecule has 27 heavy (non-hydrogen) atoms. The number of carbonyl (C=O) groups is 1. The van der Waals surface area contributed by atoms with Crippen LogP contribution in [0, 0.1) is 0 Å². The normalized spacial score (nSPS) is 20.3. The lowest BCUT2D eigenvalue weighted by molar-refractivity contribution is 0.111. The number of hydrogen-bond acceptors (Lipinski definition) is 5. The summed E-state index contributed by atoms with van der Waals surface area (Å²) in [6.07, 6.45) is 5.19. The molecule has 0 radical (unpaired) electrons. The van der Waals surface area contributed by atoms with E-state index >= 15 is 0 Å². The summed E-state index contributed by atoms with van der Waals surface area (Å²) in [7, 11) is 0. The van der Waals surface area contributed by atoms with Crippen LogP contribution >= 0.6 is 0 Å². The Morgan fingerprint density at radius 2 is 2.15 bits per heavy atom. The van der Waals surface area contributed by atoms with Gasteiger partial charge >= 0.3 is 0 Å². The highest BCUT2D eigenvalue weighted by molar-refractivity contribution is 5.73. The third-order valence-corrected chi connectivity index (χ3v) is 4.91. The molecule has 142 valence electrons. The van der Waals surface area contributed by atoms with Gasteiger partial charge in [0.05, 0.1) is 11.2 Å². The van der Waals surface area contributed by atoms with Crippen molar-refractivity contribution in [3.05, 3.63) is 35.9 Å². The molecule has 3 aromatic heterocycles. The molecule has 1 fully saturated rings. The SMILES string of the molecule is CC(C)(C)n1nc([C@@H]2CC[C@@H](F)C2)cc1Nc1nccc2nc(C=O)cn12. The predicted octanol–water partition coefficient (Wildman–Crippen LogP) is 3.84. The minimum absolute atomic E-state index is 0.141. The molecule has 1 N–H and O–H groups in total. The third kappa shape index (κ3) is 3.31. The van der Waals surface area contributed by atoms with E-state index in [1.54, 1.807) is 22.9 Å². The molecule has 3 aromatic rings. The van der Waals surface area contributed by atoms with Crippen LogP contribution in [0.25, 0.3) is 5.65 Å². The zero-order valence-electron chi connectivity index (χ0n) is 15.7. The number of nitrogens with zero attached hydrogens (tertiary/aromatic N) is 5. The van der Waals surface area contributed by atoms with Gasteiger partial charge in [0, 0.05) is 24.4 Å². The van der Waals surface area contributed by atoms with Gasteiger partial charge in [0.1, 0.15) is 23.3 Å². The van der Waals surface area contributed by atoms with Crippen molar-refractivity contribution in [1.82, 2.24) is 24.1 Å². The number of alkyl halides is 1. The predicted molar refractivity (Wildman–Crippen MR) is 100 cm³/mol. The van der Waals surface area contributed by atoms with Crippen molar-refractivity contribution < 1.29 is 9.18 Å². The number of carbonyl (C=O) groups excluding carboxylic acids is 1. The molecule has 1 aliphatic carbocycles. The first-order valence-corrected chi connectivity index (χ1v) is 9.16. The highest BCUT2D eigenvalue weighted by Gasteiger charge is 2.30. The van der Waals surface area contributed by atoms with Crippen molar-refractivity contribution in [2.45, 2.75) is 57.7 Å². The quantitative estimate of drug-likeness (QED) is 0.706. The minimum atomic E-state index is -0.741. The van der Waals surface area contributed by atoms with E-state index in [0.717, 1.165) is 17.9 Å². The summed E-state index contributed by atoms with van der Waals surface area (Å²) < 4.78 is 17.3. The average molecular weight is 370 g/mol. The van der Waals surface area contributed by atoms with Crippen LogP contribution in [0.5, 0.6) is 0 Å². The standard InChI is InChI=1S/C19H23FN6O/c1-19(2,3)26-17(9-15(24-26)12-4-5-13(20)8-12)23-18-21-7-6-16-22-14(11-27)10-25(16)18/h6-7,9-13H,4-5,8H2,1-3H3,(H,21,23)/t12-,13-/m1/s1. The van der Waals surface area contributed by atoms with E-state index in [4.69, 9.17) is 5.10 Å². The molecule has 0 aliphatic heterocycles. The topological polar surface area (TPSA) is 77.1 Å². The van der Waals surface area contributed by atoms with Gasteiger partial charge in [-0.3, -0.25) is 9.20 Å². The Bertz CT molecular complexity index is 986. The Kier molecular flexibility index (Phi) is 4.20. The second kappa shape index (κ2) is 6.44. The summed E-state index contributed by atoms with van der Waals surface area (Å²) in [5.41, 5.74) is 1.62. The van der Waals surface area contributed by atoms with Crippen LogP contribution in [0.2, 0.25) is 0 Å². The Morgan fingerprint density at radius 3 is 2.81 bits per heavy atom. The molecule has 0 spiro atoms. The highest BCUT2D eigenvalue weighted by atomic mass is 19.1. The van der Waals surface area contributed by atoms with E-state index < -0.39 is 6.17 Å². The highest BCUT2D eigenvalue weighted by Crippen LogP contribution is 2.37. The van der Waals surface area contributed by atoms with Gasteiger partial charge in [-0.25, -0.2) is 19.0 Å². The van der Waals surface area contributed by atoms with Gasteiger partial charge in [-0.15, -0.1) is 0 Å². The Labute approximate surface area is 156 Å². The van der Waals surface area contributed by atoms with Crippen LogP contribution in [0.4, 0.5) is 16.2 Å². The fourth-order valence-corrected chi connectivity index (χ4v) is 3.60. The van der Waals surface area contributed by atoms with E-state index in [0.29, 0.717) is 36.4 Å². The first kappa shape index (κ1) is 17.6. The number of halogens is 1. The van der Waals surface area contributed by atoms with Crippen LogP contribution in [0.3, 0.4) is 0 Å². The zero-order chi connectivity index (χ0) is 19.2. The molecule has 0 saturated heterocycles. The fraction of sp³-hybridized carbons (Fsp3) is 0.474. The van der Waals surface area contributed by atoms with Crippen molar-refractivity contribution in [2.24, 2.45) is 0 Å². The summed E-state index contributed by atoms with van der Waals surface area (Å²) in [5, 5.41) is 8.09. The molecule has 7 nitrogen and oxygen atoms in total.